The zero-order valence-corrected chi connectivity index (χ0v) is 22.9. The molecule has 2 heterocycles. The maximum absolute atomic E-state index is 12.8. The van der Waals surface area contributed by atoms with Crippen LogP contribution in [0.3, 0.4) is 0 Å². The highest BCUT2D eigenvalue weighted by atomic mass is 35.5. The van der Waals surface area contributed by atoms with Gasteiger partial charge in [0.05, 0.1) is 10.0 Å². The topological polar surface area (TPSA) is 113 Å². The van der Waals surface area contributed by atoms with Gasteiger partial charge in [0.1, 0.15) is 11.5 Å². The second-order valence-electron chi connectivity index (χ2n) is 8.68. The first kappa shape index (κ1) is 27.3. The highest BCUT2D eigenvalue weighted by Gasteiger charge is 2.45. The molecule has 0 aliphatic carbocycles. The van der Waals surface area contributed by atoms with Crippen molar-refractivity contribution in [3.63, 3.8) is 0 Å². The molecular formula is C27H28ClN2O5PS. The van der Waals surface area contributed by atoms with E-state index in [2.05, 4.69) is 10.3 Å². The molecule has 0 spiro atoms. The number of oxazole rings is 1. The van der Waals surface area contributed by atoms with Gasteiger partial charge in [0.25, 0.3) is 0 Å². The number of rotatable bonds is 10. The number of halogens is 1. The normalized spacial score (nSPS) is 12.0. The first-order chi connectivity index (χ1) is 17.7. The minimum absolute atomic E-state index is 0.164. The van der Waals surface area contributed by atoms with Gasteiger partial charge in [-0.05, 0) is 54.1 Å². The Morgan fingerprint density at radius 3 is 2.32 bits per heavy atom. The molecule has 4 aromatic rings. The van der Waals surface area contributed by atoms with Crippen molar-refractivity contribution in [2.75, 3.05) is 5.32 Å². The summed E-state index contributed by atoms with van der Waals surface area (Å²) >= 11 is 7.57. The molecular weight excluding hydrogens is 531 g/mol. The quantitative estimate of drug-likeness (QED) is 0.174. The van der Waals surface area contributed by atoms with Crippen LogP contribution in [0.25, 0.3) is 22.0 Å². The van der Waals surface area contributed by atoms with Crippen molar-refractivity contribution < 1.29 is 23.6 Å². The fourth-order valence-corrected chi connectivity index (χ4v) is 6.50. The molecule has 1 amide bonds. The molecule has 4 rings (SSSR count). The predicted molar refractivity (Wildman–Crippen MR) is 148 cm³/mol. The van der Waals surface area contributed by atoms with E-state index in [1.807, 2.05) is 29.6 Å². The Morgan fingerprint density at radius 2 is 1.76 bits per heavy atom. The van der Waals surface area contributed by atoms with Gasteiger partial charge in [-0.25, -0.2) is 4.98 Å². The number of benzene rings is 2. The average molecular weight is 559 g/mol. The summed E-state index contributed by atoms with van der Waals surface area (Å²) in [6, 6.07) is 17.9. The number of amides is 1. The van der Waals surface area contributed by atoms with Gasteiger partial charge in [0, 0.05) is 29.1 Å². The van der Waals surface area contributed by atoms with E-state index in [4.69, 9.17) is 16.0 Å². The lowest BCUT2D eigenvalue weighted by atomic mass is 9.92. The number of nitrogens with one attached hydrogen (secondary N) is 1. The van der Waals surface area contributed by atoms with Crippen LogP contribution in [0.15, 0.2) is 70.5 Å². The summed E-state index contributed by atoms with van der Waals surface area (Å²) in [4.78, 5) is 38.3. The lowest BCUT2D eigenvalue weighted by Gasteiger charge is -2.33. The lowest BCUT2D eigenvalue weighted by Crippen LogP contribution is -2.24. The van der Waals surface area contributed by atoms with Gasteiger partial charge in [-0.1, -0.05) is 55.8 Å². The van der Waals surface area contributed by atoms with Crippen molar-refractivity contribution in [1.29, 1.82) is 0 Å². The van der Waals surface area contributed by atoms with E-state index in [0.29, 0.717) is 52.9 Å². The van der Waals surface area contributed by atoms with E-state index in [9.17, 15) is 19.1 Å². The smallest absolute Gasteiger partial charge is 0.335 e. The number of hydrogen-bond donors (Lipinski definition) is 3. The Kier molecular flexibility index (Phi) is 8.36. The van der Waals surface area contributed by atoms with E-state index in [-0.39, 0.29) is 12.3 Å². The molecule has 7 nitrogen and oxygen atoms in total. The van der Waals surface area contributed by atoms with Crippen molar-refractivity contribution in [3.05, 3.63) is 82.4 Å². The molecule has 0 atom stereocenters. The maximum atomic E-state index is 12.8. The van der Waals surface area contributed by atoms with Gasteiger partial charge in [-0.3, -0.25) is 9.36 Å². The number of carbonyl (C=O) groups is 1. The van der Waals surface area contributed by atoms with E-state index in [1.165, 1.54) is 11.3 Å². The number of anilines is 1. The molecule has 0 unspecified atom stereocenters. The molecule has 3 N–H and O–H groups in total. The third-order valence-electron chi connectivity index (χ3n) is 6.56. The number of carbonyl (C=O) groups excluding carboxylic acids is 1. The molecule has 10 heteroatoms. The fraction of sp³-hybridized carbons (Fsp3) is 0.259. The summed E-state index contributed by atoms with van der Waals surface area (Å²) in [6.07, 6.45) is 1.12. The maximum Gasteiger partial charge on any atom is 0.335 e. The van der Waals surface area contributed by atoms with Crippen LogP contribution < -0.4 is 5.32 Å². The highest BCUT2D eigenvalue weighted by Crippen LogP contribution is 2.60. The van der Waals surface area contributed by atoms with E-state index < -0.39 is 12.8 Å². The third kappa shape index (κ3) is 5.89. The Balaban J connectivity index is 1.49. The standard InChI is InChI=1S/C27H28ClN2O5PS/c1-3-27(4-2,36(32,33)34)19-9-13-21(14-10-19)29-24(31)16-15-22-25(18-7-11-20(28)12-8-18)30-26(35-22)23-6-5-17-37-23/h5-14,17H,3-4,15-16H2,1-2H3,(H,29,31)(H2,32,33,34). The SMILES string of the molecule is CCC(CC)(c1ccc(NC(=O)CCc2oc(-c3cccs3)nc2-c2ccc(Cl)cc2)cc1)P(=O)(O)O. The van der Waals surface area contributed by atoms with Gasteiger partial charge in [0.2, 0.25) is 11.8 Å². The average Bonchev–Trinajstić information content (AvgIpc) is 3.55. The van der Waals surface area contributed by atoms with Crippen LogP contribution in [-0.4, -0.2) is 20.7 Å². The van der Waals surface area contributed by atoms with Crippen LogP contribution in [-0.2, 0) is 20.9 Å². The summed E-state index contributed by atoms with van der Waals surface area (Å²) in [5.41, 5.74) is 2.63. The Morgan fingerprint density at radius 1 is 1.08 bits per heavy atom. The largest absolute Gasteiger partial charge is 0.440 e. The van der Waals surface area contributed by atoms with Crippen molar-refractivity contribution in [2.24, 2.45) is 0 Å². The number of hydrogen-bond acceptors (Lipinski definition) is 5. The summed E-state index contributed by atoms with van der Waals surface area (Å²) in [7, 11) is -4.38. The van der Waals surface area contributed by atoms with Gasteiger partial charge in [-0.2, -0.15) is 0 Å². The monoisotopic (exact) mass is 558 g/mol. The summed E-state index contributed by atoms with van der Waals surface area (Å²) in [5.74, 6) is 0.899. The Labute approximate surface area is 224 Å². The second-order valence-corrected chi connectivity index (χ2v) is 12.0. The van der Waals surface area contributed by atoms with Crippen LogP contribution in [0.1, 0.15) is 44.4 Å². The molecule has 0 aliphatic heterocycles. The fourth-order valence-electron chi connectivity index (χ4n) is 4.41. The van der Waals surface area contributed by atoms with Crippen LogP contribution >= 0.6 is 30.5 Å². The van der Waals surface area contributed by atoms with E-state index in [1.54, 1.807) is 50.2 Å². The summed E-state index contributed by atoms with van der Waals surface area (Å²) in [5, 5.41) is 4.19. The highest BCUT2D eigenvalue weighted by molar-refractivity contribution is 7.53. The Hall–Kier alpha value is -2.74. The minimum atomic E-state index is -4.38. The molecule has 0 radical (unpaired) electrons. The molecule has 194 valence electrons. The zero-order chi connectivity index (χ0) is 26.6. The second kappa shape index (κ2) is 11.3. The third-order valence-corrected chi connectivity index (χ3v) is 9.68. The van der Waals surface area contributed by atoms with Gasteiger partial charge in [-0.15, -0.1) is 11.3 Å². The van der Waals surface area contributed by atoms with E-state index >= 15 is 0 Å². The number of aromatic nitrogens is 1. The van der Waals surface area contributed by atoms with Gasteiger partial charge in [0.15, 0.2) is 0 Å². The lowest BCUT2D eigenvalue weighted by molar-refractivity contribution is -0.116. The predicted octanol–water partition coefficient (Wildman–Crippen LogP) is 7.49. The zero-order valence-electron chi connectivity index (χ0n) is 20.5. The molecule has 0 bridgehead atoms. The van der Waals surface area contributed by atoms with E-state index in [0.717, 1.165) is 10.4 Å². The van der Waals surface area contributed by atoms with Crippen molar-refractivity contribution in [2.45, 2.75) is 44.7 Å². The number of nitrogens with zero attached hydrogens (tertiary/aromatic N) is 1. The van der Waals surface area contributed by atoms with Gasteiger partial charge >= 0.3 is 7.60 Å². The molecule has 2 aromatic heterocycles. The molecule has 2 aromatic carbocycles. The Bertz CT molecular complexity index is 1390. The number of aryl methyl sites for hydroxylation is 1. The first-order valence-electron chi connectivity index (χ1n) is 11.9. The molecule has 0 aliphatic rings. The summed E-state index contributed by atoms with van der Waals surface area (Å²) < 4.78 is 18.3. The molecule has 0 saturated heterocycles. The van der Waals surface area contributed by atoms with Crippen LogP contribution in [0, 0.1) is 0 Å². The van der Waals surface area contributed by atoms with Crippen LogP contribution in [0.4, 0.5) is 5.69 Å². The molecule has 0 saturated carbocycles. The van der Waals surface area contributed by atoms with Gasteiger partial charge < -0.3 is 19.5 Å². The number of thiophene rings is 1. The molecule has 0 fully saturated rings. The molecule has 37 heavy (non-hydrogen) atoms. The first-order valence-corrected chi connectivity index (χ1v) is 14.8. The van der Waals surface area contributed by atoms with Crippen LogP contribution in [0.5, 0.6) is 0 Å². The van der Waals surface area contributed by atoms with Crippen molar-refractivity contribution in [3.8, 4) is 22.0 Å². The van der Waals surface area contributed by atoms with Crippen molar-refractivity contribution >= 4 is 42.1 Å². The van der Waals surface area contributed by atoms with Crippen molar-refractivity contribution in [1.82, 2.24) is 4.98 Å². The summed E-state index contributed by atoms with van der Waals surface area (Å²) in [6.45, 7) is 3.54. The van der Waals surface area contributed by atoms with Crippen LogP contribution in [0.2, 0.25) is 5.02 Å². The minimum Gasteiger partial charge on any atom is -0.440 e.